The molecule has 0 aliphatic carbocycles. The summed E-state index contributed by atoms with van der Waals surface area (Å²) in [5.74, 6) is 0.478. The SMILES string of the molecule is C=CC(=C)CBr.O=S1(=O)CC=C(CBr)C1. The van der Waals surface area contributed by atoms with Crippen molar-refractivity contribution in [2.24, 2.45) is 0 Å². The molecule has 0 aromatic carbocycles. The number of allylic oxidation sites excluding steroid dienone is 2. The molecule has 86 valence electrons. The van der Waals surface area contributed by atoms with E-state index in [9.17, 15) is 8.42 Å². The Hall–Kier alpha value is 0.130. The lowest BCUT2D eigenvalue weighted by Gasteiger charge is -1.89. The van der Waals surface area contributed by atoms with Gasteiger partial charge in [0.05, 0.1) is 11.5 Å². The van der Waals surface area contributed by atoms with Crippen LogP contribution in [0.4, 0.5) is 0 Å². The largest absolute Gasteiger partial charge is 0.228 e. The van der Waals surface area contributed by atoms with E-state index in [1.54, 1.807) is 12.2 Å². The summed E-state index contributed by atoms with van der Waals surface area (Å²) in [6.07, 6.45) is 3.50. The predicted octanol–water partition coefficient (Wildman–Crippen LogP) is 2.86. The zero-order valence-corrected chi connectivity index (χ0v) is 12.4. The summed E-state index contributed by atoms with van der Waals surface area (Å²) in [7, 11) is -2.73. The van der Waals surface area contributed by atoms with Crippen LogP contribution in [-0.4, -0.2) is 30.6 Å². The summed E-state index contributed by atoms with van der Waals surface area (Å²) in [6.45, 7) is 7.13. The van der Waals surface area contributed by atoms with E-state index in [1.807, 2.05) is 0 Å². The van der Waals surface area contributed by atoms with Gasteiger partial charge in [-0.1, -0.05) is 57.2 Å². The minimum Gasteiger partial charge on any atom is -0.228 e. The van der Waals surface area contributed by atoms with E-state index >= 15 is 0 Å². The van der Waals surface area contributed by atoms with Gasteiger partial charge in [0, 0.05) is 10.7 Å². The average Bonchev–Trinajstić information content (AvgIpc) is 2.58. The average molecular weight is 358 g/mol. The van der Waals surface area contributed by atoms with Crippen molar-refractivity contribution in [1.82, 2.24) is 0 Å². The van der Waals surface area contributed by atoms with Crippen molar-refractivity contribution >= 4 is 41.7 Å². The highest BCUT2D eigenvalue weighted by atomic mass is 79.9. The van der Waals surface area contributed by atoms with E-state index in [1.165, 1.54) is 0 Å². The van der Waals surface area contributed by atoms with Crippen LogP contribution >= 0.6 is 31.9 Å². The second-order valence-electron chi connectivity index (χ2n) is 3.05. The normalized spacial score (nSPS) is 17.3. The Morgan fingerprint density at radius 2 is 2.13 bits per heavy atom. The second kappa shape index (κ2) is 7.41. The van der Waals surface area contributed by atoms with Crippen molar-refractivity contribution < 1.29 is 8.42 Å². The molecule has 0 atom stereocenters. The Kier molecular flexibility index (Phi) is 7.48. The summed E-state index contributed by atoms with van der Waals surface area (Å²) in [5.41, 5.74) is 2.00. The minimum absolute atomic E-state index is 0.230. The molecular weight excluding hydrogens is 344 g/mol. The highest BCUT2D eigenvalue weighted by Crippen LogP contribution is 2.12. The fraction of sp³-hybridized carbons (Fsp3) is 0.400. The summed E-state index contributed by atoms with van der Waals surface area (Å²) >= 11 is 6.40. The van der Waals surface area contributed by atoms with Crippen LogP contribution in [0.1, 0.15) is 0 Å². The molecule has 15 heavy (non-hydrogen) atoms. The molecular formula is C10H14Br2O2S. The van der Waals surface area contributed by atoms with Crippen LogP contribution in [0.3, 0.4) is 0 Å². The van der Waals surface area contributed by atoms with Crippen molar-refractivity contribution in [2.45, 2.75) is 0 Å². The molecule has 0 N–H and O–H groups in total. The molecule has 1 aliphatic rings. The van der Waals surface area contributed by atoms with E-state index in [4.69, 9.17) is 0 Å². The zero-order valence-electron chi connectivity index (χ0n) is 8.38. The fourth-order valence-electron chi connectivity index (χ4n) is 0.793. The van der Waals surface area contributed by atoms with Crippen LogP contribution in [-0.2, 0) is 9.84 Å². The summed E-state index contributed by atoms with van der Waals surface area (Å²) in [6, 6.07) is 0. The molecule has 5 heteroatoms. The van der Waals surface area contributed by atoms with Gasteiger partial charge in [-0.2, -0.15) is 0 Å². The highest BCUT2D eigenvalue weighted by molar-refractivity contribution is 9.09. The van der Waals surface area contributed by atoms with Gasteiger partial charge in [0.2, 0.25) is 0 Å². The molecule has 0 radical (unpaired) electrons. The van der Waals surface area contributed by atoms with Crippen LogP contribution in [0.2, 0.25) is 0 Å². The third kappa shape index (κ3) is 7.09. The van der Waals surface area contributed by atoms with Gasteiger partial charge in [-0.05, 0) is 11.1 Å². The van der Waals surface area contributed by atoms with Crippen LogP contribution < -0.4 is 0 Å². The molecule has 0 amide bonds. The van der Waals surface area contributed by atoms with Gasteiger partial charge < -0.3 is 0 Å². The molecule has 2 nitrogen and oxygen atoms in total. The van der Waals surface area contributed by atoms with Crippen molar-refractivity contribution in [2.75, 3.05) is 22.2 Å². The molecule has 0 spiro atoms. The smallest absolute Gasteiger partial charge is 0.157 e. The first-order valence-electron chi connectivity index (χ1n) is 4.25. The second-order valence-corrected chi connectivity index (χ2v) is 6.28. The van der Waals surface area contributed by atoms with Crippen LogP contribution in [0.15, 0.2) is 36.5 Å². The van der Waals surface area contributed by atoms with Crippen LogP contribution in [0.25, 0.3) is 0 Å². The standard InChI is InChI=1S/C5H7BrO2S.C5H7Br/c6-3-5-1-2-9(7,8)4-5;1-3-5(2)4-6/h1H,2-4H2;3H,1-2,4H2. The third-order valence-electron chi connectivity index (χ3n) is 1.66. The van der Waals surface area contributed by atoms with Gasteiger partial charge in [-0.3, -0.25) is 0 Å². The molecule has 0 saturated heterocycles. The molecule has 0 fully saturated rings. The first-order valence-corrected chi connectivity index (χ1v) is 8.32. The molecule has 1 heterocycles. The van der Waals surface area contributed by atoms with Gasteiger partial charge >= 0.3 is 0 Å². The maximum atomic E-state index is 10.7. The number of halogens is 2. The predicted molar refractivity (Wildman–Crippen MR) is 73.7 cm³/mol. The topological polar surface area (TPSA) is 34.1 Å². The quantitative estimate of drug-likeness (QED) is 0.442. The minimum atomic E-state index is -2.73. The number of sulfone groups is 1. The molecule has 0 bridgehead atoms. The summed E-state index contributed by atoms with van der Waals surface area (Å²) < 4.78 is 21.5. The van der Waals surface area contributed by atoms with E-state index in [0.717, 1.165) is 16.5 Å². The lowest BCUT2D eigenvalue weighted by molar-refractivity contribution is 0.603. The Bertz CT molecular complexity index is 356. The van der Waals surface area contributed by atoms with Crippen molar-refractivity contribution in [3.05, 3.63) is 36.5 Å². The lowest BCUT2D eigenvalue weighted by atomic mass is 10.3. The lowest BCUT2D eigenvalue weighted by Crippen LogP contribution is -2.02. The van der Waals surface area contributed by atoms with E-state index < -0.39 is 9.84 Å². The van der Waals surface area contributed by atoms with Crippen LogP contribution in [0, 0.1) is 0 Å². The van der Waals surface area contributed by atoms with E-state index in [2.05, 4.69) is 45.0 Å². The molecule has 1 aliphatic heterocycles. The first kappa shape index (κ1) is 15.1. The van der Waals surface area contributed by atoms with Gasteiger partial charge in [0.25, 0.3) is 0 Å². The van der Waals surface area contributed by atoms with Gasteiger partial charge in [-0.15, -0.1) is 0 Å². The fourth-order valence-corrected chi connectivity index (χ4v) is 3.10. The van der Waals surface area contributed by atoms with Gasteiger partial charge in [0.1, 0.15) is 0 Å². The summed E-state index contributed by atoms with van der Waals surface area (Å²) in [5, 5.41) is 1.52. The van der Waals surface area contributed by atoms with Crippen molar-refractivity contribution in [1.29, 1.82) is 0 Å². The van der Waals surface area contributed by atoms with Crippen molar-refractivity contribution in [3.8, 4) is 0 Å². The molecule has 1 rings (SSSR count). The monoisotopic (exact) mass is 356 g/mol. The molecule has 0 aromatic heterocycles. The number of hydrogen-bond donors (Lipinski definition) is 0. The Morgan fingerprint density at radius 1 is 1.53 bits per heavy atom. The zero-order chi connectivity index (χ0) is 11.9. The third-order valence-corrected chi connectivity index (χ3v) is 4.59. The summed E-state index contributed by atoms with van der Waals surface area (Å²) in [4.78, 5) is 0. The molecule has 0 aromatic rings. The first-order chi connectivity index (χ1) is 6.95. The molecule has 0 saturated carbocycles. The van der Waals surface area contributed by atoms with E-state index in [-0.39, 0.29) is 11.5 Å². The van der Waals surface area contributed by atoms with Gasteiger partial charge in [0.15, 0.2) is 9.84 Å². The van der Waals surface area contributed by atoms with E-state index in [0.29, 0.717) is 5.33 Å². The van der Waals surface area contributed by atoms with Gasteiger partial charge in [-0.25, -0.2) is 8.42 Å². The molecule has 0 unspecified atom stereocenters. The number of hydrogen-bond acceptors (Lipinski definition) is 2. The number of alkyl halides is 2. The Morgan fingerprint density at radius 3 is 2.27 bits per heavy atom. The highest BCUT2D eigenvalue weighted by Gasteiger charge is 2.17. The van der Waals surface area contributed by atoms with Crippen molar-refractivity contribution in [3.63, 3.8) is 0 Å². The van der Waals surface area contributed by atoms with Crippen LogP contribution in [0.5, 0.6) is 0 Å². The maximum Gasteiger partial charge on any atom is 0.157 e. The Balaban J connectivity index is 0.000000288. The number of rotatable bonds is 3. The Labute approximate surface area is 108 Å². The maximum absolute atomic E-state index is 10.7.